The van der Waals surface area contributed by atoms with Gasteiger partial charge in [-0.25, -0.2) is 0 Å². The maximum absolute atomic E-state index is 12.4. The molecular weight excluding hydrogens is 270 g/mol. The summed E-state index contributed by atoms with van der Waals surface area (Å²) in [5, 5.41) is 19.2. The molecule has 1 amide bonds. The molecule has 0 aromatic carbocycles. The number of nitrogens with one attached hydrogen (secondary N) is 2. The summed E-state index contributed by atoms with van der Waals surface area (Å²) >= 11 is 0. The van der Waals surface area contributed by atoms with Crippen LogP contribution in [0.4, 0.5) is 0 Å². The van der Waals surface area contributed by atoms with Crippen molar-refractivity contribution in [3.63, 3.8) is 0 Å². The van der Waals surface area contributed by atoms with Crippen LogP contribution < -0.4 is 5.32 Å². The maximum atomic E-state index is 12.4. The average molecular weight is 289 g/mol. The topological polar surface area (TPSA) is 95.1 Å². The number of carbonyl (C=O) groups is 2. The Morgan fingerprint density at radius 2 is 2.00 bits per heavy atom. The van der Waals surface area contributed by atoms with Crippen LogP contribution in [0.2, 0.25) is 0 Å². The van der Waals surface area contributed by atoms with Gasteiger partial charge in [-0.05, 0) is 32.1 Å². The number of carbonyl (C=O) groups excluding carboxylic acids is 1. The highest BCUT2D eigenvalue weighted by atomic mass is 16.4. The van der Waals surface area contributed by atoms with Crippen molar-refractivity contribution in [2.24, 2.45) is 23.7 Å². The van der Waals surface area contributed by atoms with E-state index in [1.165, 1.54) is 0 Å². The SMILES string of the molecule is Cc1n[nH]c(C)c1CNC(=O)C1C2C=CC(C2)C1C(=O)O. The summed E-state index contributed by atoms with van der Waals surface area (Å²) in [6, 6.07) is 0. The first-order valence-corrected chi connectivity index (χ1v) is 7.18. The number of aromatic nitrogens is 2. The number of aliphatic carboxylic acids is 1. The van der Waals surface area contributed by atoms with E-state index in [0.29, 0.717) is 6.54 Å². The number of carboxylic acid groups (broad SMARTS) is 1. The van der Waals surface area contributed by atoms with Crippen molar-refractivity contribution in [3.8, 4) is 0 Å². The van der Waals surface area contributed by atoms with Crippen LogP contribution in [0, 0.1) is 37.5 Å². The standard InChI is InChI=1S/C15H19N3O3/c1-7-11(8(2)18-17-7)6-16-14(19)12-9-3-4-10(5-9)13(12)15(20)21/h3-4,9-10,12-13H,5-6H2,1-2H3,(H,16,19)(H,17,18)(H,20,21). The van der Waals surface area contributed by atoms with E-state index in [1.807, 2.05) is 26.0 Å². The highest BCUT2D eigenvalue weighted by Crippen LogP contribution is 2.48. The van der Waals surface area contributed by atoms with Crippen LogP contribution in [0.1, 0.15) is 23.4 Å². The molecule has 2 bridgehead atoms. The predicted octanol–water partition coefficient (Wildman–Crippen LogP) is 1.17. The van der Waals surface area contributed by atoms with Crippen LogP contribution in [-0.4, -0.2) is 27.2 Å². The fourth-order valence-corrected chi connectivity index (χ4v) is 3.64. The van der Waals surface area contributed by atoms with Crippen molar-refractivity contribution in [1.29, 1.82) is 0 Å². The zero-order valence-electron chi connectivity index (χ0n) is 12.1. The number of amides is 1. The Kier molecular flexibility index (Phi) is 3.31. The minimum atomic E-state index is -0.873. The summed E-state index contributed by atoms with van der Waals surface area (Å²) < 4.78 is 0. The summed E-state index contributed by atoms with van der Waals surface area (Å²) in [6.07, 6.45) is 4.71. The fourth-order valence-electron chi connectivity index (χ4n) is 3.64. The monoisotopic (exact) mass is 289 g/mol. The number of allylic oxidation sites excluding steroid dienone is 2. The largest absolute Gasteiger partial charge is 0.481 e. The molecule has 0 spiro atoms. The number of rotatable bonds is 4. The van der Waals surface area contributed by atoms with Crippen LogP contribution in [-0.2, 0) is 16.1 Å². The van der Waals surface area contributed by atoms with E-state index < -0.39 is 17.8 Å². The molecular formula is C15H19N3O3. The number of fused-ring (bicyclic) bond motifs is 2. The Hall–Kier alpha value is -2.11. The summed E-state index contributed by atoms with van der Waals surface area (Å²) in [5.74, 6) is -2.03. The number of hydrogen-bond donors (Lipinski definition) is 3. The van der Waals surface area contributed by atoms with E-state index in [9.17, 15) is 14.7 Å². The molecule has 1 heterocycles. The lowest BCUT2D eigenvalue weighted by Crippen LogP contribution is -2.40. The summed E-state index contributed by atoms with van der Waals surface area (Å²) in [4.78, 5) is 23.8. The first kappa shape index (κ1) is 13.9. The van der Waals surface area contributed by atoms with E-state index in [0.717, 1.165) is 23.4 Å². The smallest absolute Gasteiger partial charge is 0.307 e. The number of carboxylic acids is 1. The lowest BCUT2D eigenvalue weighted by atomic mass is 9.82. The van der Waals surface area contributed by atoms with E-state index in [1.54, 1.807) is 0 Å². The molecule has 1 aromatic rings. The van der Waals surface area contributed by atoms with Gasteiger partial charge in [0.15, 0.2) is 0 Å². The Morgan fingerprint density at radius 1 is 1.33 bits per heavy atom. The maximum Gasteiger partial charge on any atom is 0.307 e. The van der Waals surface area contributed by atoms with E-state index in [2.05, 4.69) is 15.5 Å². The molecule has 1 saturated carbocycles. The highest BCUT2D eigenvalue weighted by Gasteiger charge is 2.51. The molecule has 21 heavy (non-hydrogen) atoms. The van der Waals surface area contributed by atoms with Crippen LogP contribution >= 0.6 is 0 Å². The van der Waals surface area contributed by atoms with Crippen LogP contribution in [0.25, 0.3) is 0 Å². The quantitative estimate of drug-likeness (QED) is 0.725. The molecule has 4 unspecified atom stereocenters. The number of nitrogens with zero attached hydrogens (tertiary/aromatic N) is 1. The van der Waals surface area contributed by atoms with Crippen molar-refractivity contribution in [2.75, 3.05) is 0 Å². The van der Waals surface area contributed by atoms with E-state index in [4.69, 9.17) is 0 Å². The summed E-state index contributed by atoms with van der Waals surface area (Å²) in [6.45, 7) is 4.17. The molecule has 2 aliphatic rings. The second-order valence-electron chi connectivity index (χ2n) is 5.97. The average Bonchev–Trinajstić information content (AvgIpc) is 3.12. The van der Waals surface area contributed by atoms with Crippen LogP contribution in [0.5, 0.6) is 0 Å². The van der Waals surface area contributed by atoms with E-state index >= 15 is 0 Å². The lowest BCUT2D eigenvalue weighted by molar-refractivity contribution is -0.147. The predicted molar refractivity (Wildman–Crippen MR) is 75.3 cm³/mol. The molecule has 0 radical (unpaired) electrons. The third-order valence-electron chi connectivity index (χ3n) is 4.77. The first-order valence-electron chi connectivity index (χ1n) is 7.18. The summed E-state index contributed by atoms with van der Waals surface area (Å²) in [7, 11) is 0. The molecule has 0 saturated heterocycles. The first-order chi connectivity index (χ1) is 9.99. The zero-order valence-corrected chi connectivity index (χ0v) is 12.1. The minimum Gasteiger partial charge on any atom is -0.481 e. The number of aryl methyl sites for hydroxylation is 2. The van der Waals surface area contributed by atoms with Crippen LogP contribution in [0.3, 0.4) is 0 Å². The minimum absolute atomic E-state index is 0.000600. The summed E-state index contributed by atoms with van der Waals surface area (Å²) in [5.41, 5.74) is 2.75. The zero-order chi connectivity index (χ0) is 15.1. The van der Waals surface area contributed by atoms with Gasteiger partial charge in [0.1, 0.15) is 0 Å². The van der Waals surface area contributed by atoms with Crippen molar-refractivity contribution in [1.82, 2.24) is 15.5 Å². The van der Waals surface area contributed by atoms with E-state index in [-0.39, 0.29) is 17.7 Å². The van der Waals surface area contributed by atoms with Gasteiger partial charge in [-0.3, -0.25) is 14.7 Å². The Morgan fingerprint density at radius 3 is 2.57 bits per heavy atom. The molecule has 6 nitrogen and oxygen atoms in total. The van der Waals surface area contributed by atoms with Gasteiger partial charge in [0.05, 0.1) is 17.5 Å². The third-order valence-corrected chi connectivity index (χ3v) is 4.77. The number of hydrogen-bond acceptors (Lipinski definition) is 3. The number of aromatic amines is 1. The van der Waals surface area contributed by atoms with Crippen LogP contribution in [0.15, 0.2) is 12.2 Å². The van der Waals surface area contributed by atoms with Gasteiger partial charge in [0.2, 0.25) is 5.91 Å². The fraction of sp³-hybridized carbons (Fsp3) is 0.533. The Labute approximate surface area is 122 Å². The second-order valence-corrected chi connectivity index (χ2v) is 5.97. The molecule has 6 heteroatoms. The van der Waals surface area contributed by atoms with Crippen molar-refractivity contribution in [3.05, 3.63) is 29.1 Å². The molecule has 1 fully saturated rings. The normalized spacial score (nSPS) is 29.8. The van der Waals surface area contributed by atoms with Crippen molar-refractivity contribution in [2.45, 2.75) is 26.8 Å². The molecule has 4 atom stereocenters. The van der Waals surface area contributed by atoms with Gasteiger partial charge in [-0.15, -0.1) is 0 Å². The lowest BCUT2D eigenvalue weighted by Gasteiger charge is -2.23. The van der Waals surface area contributed by atoms with Crippen molar-refractivity contribution >= 4 is 11.9 Å². The second kappa shape index (κ2) is 5.02. The molecule has 1 aromatic heterocycles. The van der Waals surface area contributed by atoms with Gasteiger partial charge in [-0.1, -0.05) is 12.2 Å². The molecule has 3 N–H and O–H groups in total. The van der Waals surface area contributed by atoms with Gasteiger partial charge in [0.25, 0.3) is 0 Å². The molecule has 2 aliphatic carbocycles. The Bertz CT molecular complexity index is 600. The highest BCUT2D eigenvalue weighted by molar-refractivity contribution is 5.86. The van der Waals surface area contributed by atoms with Crippen molar-refractivity contribution < 1.29 is 14.7 Å². The molecule has 3 rings (SSSR count). The third kappa shape index (κ3) is 2.24. The molecule has 112 valence electrons. The van der Waals surface area contributed by atoms with Gasteiger partial charge in [-0.2, -0.15) is 5.10 Å². The van der Waals surface area contributed by atoms with Gasteiger partial charge >= 0.3 is 5.97 Å². The van der Waals surface area contributed by atoms with Gasteiger partial charge in [0, 0.05) is 17.8 Å². The molecule has 0 aliphatic heterocycles. The Balaban J connectivity index is 1.71. The number of H-pyrrole nitrogens is 1. The van der Waals surface area contributed by atoms with Gasteiger partial charge < -0.3 is 10.4 Å².